The van der Waals surface area contributed by atoms with Crippen molar-refractivity contribution >= 4 is 0 Å². The highest BCUT2D eigenvalue weighted by Crippen LogP contribution is 2.24. The van der Waals surface area contributed by atoms with E-state index in [1.807, 2.05) is 19.9 Å². The van der Waals surface area contributed by atoms with Gasteiger partial charge in [-0.25, -0.2) is 4.39 Å². The second-order valence-electron chi connectivity index (χ2n) is 4.34. The van der Waals surface area contributed by atoms with Crippen LogP contribution < -0.4 is 4.74 Å². The van der Waals surface area contributed by atoms with Gasteiger partial charge in [0.1, 0.15) is 23.9 Å². The van der Waals surface area contributed by atoms with Gasteiger partial charge in [-0.3, -0.25) is 0 Å². The van der Waals surface area contributed by atoms with E-state index in [0.717, 1.165) is 5.69 Å². The zero-order valence-electron chi connectivity index (χ0n) is 10.4. The van der Waals surface area contributed by atoms with Gasteiger partial charge >= 0.3 is 0 Å². The van der Waals surface area contributed by atoms with Crippen molar-refractivity contribution in [3.05, 3.63) is 53.6 Å². The lowest BCUT2D eigenvalue weighted by atomic mass is 10.0. The maximum Gasteiger partial charge on any atom is 0.132 e. The van der Waals surface area contributed by atoms with Crippen LogP contribution in [0, 0.1) is 5.82 Å². The first kappa shape index (κ1) is 12.5. The van der Waals surface area contributed by atoms with Crippen LogP contribution in [-0.2, 0) is 6.61 Å². The maximum atomic E-state index is 13.5. The monoisotopic (exact) mass is 246 g/mol. The Morgan fingerprint density at radius 2 is 2.11 bits per heavy atom. The fourth-order valence-corrected chi connectivity index (χ4v) is 1.62. The number of halogens is 1. The highest BCUT2D eigenvalue weighted by Gasteiger charge is 2.08. The molecule has 0 aliphatic carbocycles. The molecule has 1 aromatic heterocycles. The Labute approximate surface area is 106 Å². The summed E-state index contributed by atoms with van der Waals surface area (Å²) in [5.41, 5.74) is 1.40. The summed E-state index contributed by atoms with van der Waals surface area (Å²) in [6.45, 7) is 4.23. The smallest absolute Gasteiger partial charge is 0.132 e. The standard InChI is InChI=1S/C14H15FN2O/c1-10(2)13-8-12(5-6-14(13)15)18-9-11-4-3-7-16-17-11/h3-8,10H,9H2,1-2H3. The molecule has 0 spiro atoms. The van der Waals surface area contributed by atoms with E-state index < -0.39 is 0 Å². The summed E-state index contributed by atoms with van der Waals surface area (Å²) in [6, 6.07) is 8.42. The van der Waals surface area contributed by atoms with Crippen LogP contribution >= 0.6 is 0 Å². The molecule has 0 atom stereocenters. The fourth-order valence-electron chi connectivity index (χ4n) is 1.62. The lowest BCUT2D eigenvalue weighted by molar-refractivity contribution is 0.299. The Morgan fingerprint density at radius 3 is 2.78 bits per heavy atom. The van der Waals surface area contributed by atoms with E-state index in [1.165, 1.54) is 6.07 Å². The van der Waals surface area contributed by atoms with E-state index in [9.17, 15) is 4.39 Å². The van der Waals surface area contributed by atoms with Crippen molar-refractivity contribution in [2.24, 2.45) is 0 Å². The van der Waals surface area contributed by atoms with Crippen LogP contribution in [0.5, 0.6) is 5.75 Å². The van der Waals surface area contributed by atoms with Gasteiger partial charge in [0.05, 0.1) is 0 Å². The molecule has 0 N–H and O–H groups in total. The van der Waals surface area contributed by atoms with E-state index in [2.05, 4.69) is 10.2 Å². The average Bonchev–Trinajstić information content (AvgIpc) is 2.38. The van der Waals surface area contributed by atoms with Gasteiger partial charge in [-0.05, 0) is 41.8 Å². The van der Waals surface area contributed by atoms with Crippen molar-refractivity contribution in [1.29, 1.82) is 0 Å². The highest BCUT2D eigenvalue weighted by atomic mass is 19.1. The number of hydrogen-bond acceptors (Lipinski definition) is 3. The molecule has 18 heavy (non-hydrogen) atoms. The molecular weight excluding hydrogens is 231 g/mol. The number of aromatic nitrogens is 2. The van der Waals surface area contributed by atoms with E-state index in [4.69, 9.17) is 4.74 Å². The maximum absolute atomic E-state index is 13.5. The summed E-state index contributed by atoms with van der Waals surface area (Å²) in [7, 11) is 0. The Kier molecular flexibility index (Phi) is 3.87. The van der Waals surface area contributed by atoms with Crippen molar-refractivity contribution in [1.82, 2.24) is 10.2 Å². The van der Waals surface area contributed by atoms with E-state index in [0.29, 0.717) is 17.9 Å². The molecule has 0 bridgehead atoms. The third-order valence-corrected chi connectivity index (χ3v) is 2.60. The van der Waals surface area contributed by atoms with Gasteiger partial charge in [0.15, 0.2) is 0 Å². The summed E-state index contributed by atoms with van der Waals surface area (Å²) in [5, 5.41) is 7.69. The second-order valence-corrected chi connectivity index (χ2v) is 4.34. The molecule has 0 saturated carbocycles. The summed E-state index contributed by atoms with van der Waals surface area (Å²) < 4.78 is 19.1. The third kappa shape index (κ3) is 3.03. The Morgan fingerprint density at radius 1 is 1.28 bits per heavy atom. The van der Waals surface area contributed by atoms with Gasteiger partial charge in [-0.15, -0.1) is 0 Å². The number of nitrogens with zero attached hydrogens (tertiary/aromatic N) is 2. The molecular formula is C14H15FN2O. The zero-order chi connectivity index (χ0) is 13.0. The van der Waals surface area contributed by atoms with Crippen molar-refractivity contribution < 1.29 is 9.13 Å². The van der Waals surface area contributed by atoms with Gasteiger partial charge < -0.3 is 4.74 Å². The molecule has 3 nitrogen and oxygen atoms in total. The highest BCUT2D eigenvalue weighted by molar-refractivity contribution is 5.31. The molecule has 2 aromatic rings. The van der Waals surface area contributed by atoms with Crippen molar-refractivity contribution in [2.75, 3.05) is 0 Å². The van der Waals surface area contributed by atoms with Crippen molar-refractivity contribution in [3.63, 3.8) is 0 Å². The Balaban J connectivity index is 2.08. The topological polar surface area (TPSA) is 35.0 Å². The predicted octanol–water partition coefficient (Wildman–Crippen LogP) is 3.32. The van der Waals surface area contributed by atoms with Gasteiger partial charge in [0.2, 0.25) is 0 Å². The first-order chi connectivity index (χ1) is 8.66. The van der Waals surface area contributed by atoms with Crippen LogP contribution in [0.3, 0.4) is 0 Å². The number of benzene rings is 1. The zero-order valence-corrected chi connectivity index (χ0v) is 10.4. The third-order valence-electron chi connectivity index (χ3n) is 2.60. The van der Waals surface area contributed by atoms with Crippen LogP contribution in [-0.4, -0.2) is 10.2 Å². The quantitative estimate of drug-likeness (QED) is 0.830. The number of ether oxygens (including phenoxy) is 1. The summed E-state index contributed by atoms with van der Waals surface area (Å²) in [5.74, 6) is 0.577. The van der Waals surface area contributed by atoms with Gasteiger partial charge in [-0.1, -0.05) is 13.8 Å². The normalized spacial score (nSPS) is 10.7. The molecule has 0 fully saturated rings. The van der Waals surface area contributed by atoms with E-state index in [-0.39, 0.29) is 11.7 Å². The summed E-state index contributed by atoms with van der Waals surface area (Å²) >= 11 is 0. The molecule has 1 aromatic carbocycles. The summed E-state index contributed by atoms with van der Waals surface area (Å²) in [4.78, 5) is 0. The molecule has 0 saturated heterocycles. The van der Waals surface area contributed by atoms with Crippen LogP contribution in [0.25, 0.3) is 0 Å². The Bertz CT molecular complexity index is 514. The minimum absolute atomic E-state index is 0.130. The van der Waals surface area contributed by atoms with Gasteiger partial charge in [0.25, 0.3) is 0 Å². The molecule has 94 valence electrons. The van der Waals surface area contributed by atoms with Crippen LogP contribution in [0.4, 0.5) is 4.39 Å². The van der Waals surface area contributed by atoms with Gasteiger partial charge in [-0.2, -0.15) is 10.2 Å². The molecule has 0 amide bonds. The van der Waals surface area contributed by atoms with E-state index in [1.54, 1.807) is 24.4 Å². The molecule has 0 aliphatic rings. The number of rotatable bonds is 4. The van der Waals surface area contributed by atoms with Crippen LogP contribution in [0.1, 0.15) is 31.0 Å². The molecule has 1 heterocycles. The molecule has 2 rings (SSSR count). The lowest BCUT2D eigenvalue weighted by Gasteiger charge is -2.10. The second kappa shape index (κ2) is 5.58. The first-order valence-electron chi connectivity index (χ1n) is 5.85. The molecule has 4 heteroatoms. The average molecular weight is 246 g/mol. The predicted molar refractivity (Wildman–Crippen MR) is 66.9 cm³/mol. The number of hydrogen-bond donors (Lipinski definition) is 0. The minimum atomic E-state index is -0.197. The van der Waals surface area contributed by atoms with Gasteiger partial charge in [0, 0.05) is 6.20 Å². The Hall–Kier alpha value is -1.97. The SMILES string of the molecule is CC(C)c1cc(OCc2cccnn2)ccc1F. The molecule has 0 radical (unpaired) electrons. The van der Waals surface area contributed by atoms with Crippen LogP contribution in [0.2, 0.25) is 0 Å². The van der Waals surface area contributed by atoms with Crippen molar-refractivity contribution in [2.45, 2.75) is 26.4 Å². The fraction of sp³-hybridized carbons (Fsp3) is 0.286. The van der Waals surface area contributed by atoms with E-state index >= 15 is 0 Å². The summed E-state index contributed by atoms with van der Waals surface area (Å²) in [6.07, 6.45) is 1.61. The lowest BCUT2D eigenvalue weighted by Crippen LogP contribution is -2.00. The molecule has 0 unspecified atom stereocenters. The van der Waals surface area contributed by atoms with Crippen molar-refractivity contribution in [3.8, 4) is 5.75 Å². The largest absolute Gasteiger partial charge is 0.487 e. The first-order valence-corrected chi connectivity index (χ1v) is 5.85. The minimum Gasteiger partial charge on any atom is -0.487 e. The molecule has 0 aliphatic heterocycles. The van der Waals surface area contributed by atoms with Crippen LogP contribution in [0.15, 0.2) is 36.5 Å².